The fourth-order valence-corrected chi connectivity index (χ4v) is 5.60. The lowest BCUT2D eigenvalue weighted by atomic mass is 9.91. The smallest absolute Gasteiger partial charge is 0.206 e. The Hall–Kier alpha value is -2.05. The molecule has 0 amide bonds. The SMILES string of the molecule is CCN1CC[C@@H]2Nc3ccc(S(=O)(=O)c4cccc(OC)c4)cc3[C@@H]2CC1. The van der Waals surface area contributed by atoms with Crippen molar-refractivity contribution < 1.29 is 13.2 Å². The van der Waals surface area contributed by atoms with Gasteiger partial charge in [0.05, 0.1) is 16.9 Å². The maximum absolute atomic E-state index is 13.1. The lowest BCUT2D eigenvalue weighted by Crippen LogP contribution is -2.25. The van der Waals surface area contributed by atoms with Crippen molar-refractivity contribution in [2.24, 2.45) is 0 Å². The highest BCUT2D eigenvalue weighted by Crippen LogP contribution is 2.42. The van der Waals surface area contributed by atoms with Gasteiger partial charge in [0.2, 0.25) is 9.84 Å². The number of nitrogens with one attached hydrogen (secondary N) is 1. The molecule has 1 N–H and O–H groups in total. The minimum absolute atomic E-state index is 0.266. The molecule has 6 heteroatoms. The summed E-state index contributed by atoms with van der Waals surface area (Å²) in [7, 11) is -2.03. The van der Waals surface area contributed by atoms with Crippen LogP contribution in [0.15, 0.2) is 52.3 Å². The van der Waals surface area contributed by atoms with Gasteiger partial charge in [-0.3, -0.25) is 0 Å². The molecule has 2 aromatic rings. The molecule has 27 heavy (non-hydrogen) atoms. The first-order valence-electron chi connectivity index (χ1n) is 9.55. The molecule has 0 aromatic heterocycles. The Morgan fingerprint density at radius 1 is 1.11 bits per heavy atom. The van der Waals surface area contributed by atoms with Crippen molar-refractivity contribution in [1.29, 1.82) is 0 Å². The minimum atomic E-state index is -3.57. The van der Waals surface area contributed by atoms with Gasteiger partial charge in [0.15, 0.2) is 0 Å². The summed E-state index contributed by atoms with van der Waals surface area (Å²) in [5.41, 5.74) is 2.22. The molecule has 2 aromatic carbocycles. The maximum atomic E-state index is 13.1. The number of nitrogens with zero attached hydrogens (tertiary/aromatic N) is 1. The van der Waals surface area contributed by atoms with Crippen LogP contribution < -0.4 is 10.1 Å². The number of hydrogen-bond acceptors (Lipinski definition) is 5. The predicted octanol–water partition coefficient (Wildman–Crippen LogP) is 3.52. The molecule has 2 atom stereocenters. The number of sulfone groups is 1. The quantitative estimate of drug-likeness (QED) is 0.871. The largest absolute Gasteiger partial charge is 0.497 e. The van der Waals surface area contributed by atoms with Gasteiger partial charge in [0, 0.05) is 24.2 Å². The number of anilines is 1. The van der Waals surface area contributed by atoms with E-state index in [4.69, 9.17) is 4.74 Å². The lowest BCUT2D eigenvalue weighted by molar-refractivity contribution is 0.298. The van der Waals surface area contributed by atoms with Crippen LogP contribution in [-0.4, -0.2) is 46.1 Å². The van der Waals surface area contributed by atoms with E-state index in [1.165, 1.54) is 0 Å². The Kier molecular flexibility index (Phi) is 4.86. The summed E-state index contributed by atoms with van der Waals surface area (Å²) in [4.78, 5) is 3.09. The molecule has 1 saturated heterocycles. The molecule has 1 fully saturated rings. The van der Waals surface area contributed by atoms with Crippen LogP contribution in [0.3, 0.4) is 0 Å². The number of methoxy groups -OCH3 is 1. The van der Waals surface area contributed by atoms with E-state index in [0.717, 1.165) is 43.7 Å². The fourth-order valence-electron chi connectivity index (χ4n) is 4.27. The first-order valence-corrected chi connectivity index (χ1v) is 11.0. The number of rotatable bonds is 4. The van der Waals surface area contributed by atoms with Gasteiger partial charge in [-0.05, 0) is 67.9 Å². The van der Waals surface area contributed by atoms with Crippen LogP contribution in [-0.2, 0) is 9.84 Å². The number of benzene rings is 2. The van der Waals surface area contributed by atoms with E-state index >= 15 is 0 Å². The maximum Gasteiger partial charge on any atom is 0.206 e. The van der Waals surface area contributed by atoms with Crippen LogP contribution in [0, 0.1) is 0 Å². The molecular weight excluding hydrogens is 360 g/mol. The standard InChI is InChI=1S/C21H26N2O3S/c1-3-23-11-9-18-19-14-17(7-8-20(19)22-21(18)10-12-23)27(24,25)16-6-4-5-15(13-16)26-2/h4-8,13-14,18,21-22H,3,9-12H2,1-2H3/t18-,21-/m0/s1. The minimum Gasteiger partial charge on any atom is -0.497 e. The highest BCUT2D eigenvalue weighted by atomic mass is 32.2. The molecule has 0 spiro atoms. The number of ether oxygens (including phenoxy) is 1. The molecule has 2 aliphatic heterocycles. The van der Waals surface area contributed by atoms with Crippen LogP contribution in [0.4, 0.5) is 5.69 Å². The third kappa shape index (κ3) is 3.32. The van der Waals surface area contributed by atoms with Crippen molar-refractivity contribution in [3.63, 3.8) is 0 Å². The van der Waals surface area contributed by atoms with Crippen LogP contribution in [0.25, 0.3) is 0 Å². The van der Waals surface area contributed by atoms with Crippen LogP contribution >= 0.6 is 0 Å². The summed E-state index contributed by atoms with van der Waals surface area (Å²) in [5.74, 6) is 0.916. The van der Waals surface area contributed by atoms with Crippen LogP contribution in [0.2, 0.25) is 0 Å². The van der Waals surface area contributed by atoms with Crippen LogP contribution in [0.1, 0.15) is 31.2 Å². The lowest BCUT2D eigenvalue weighted by Gasteiger charge is -2.17. The molecule has 5 nitrogen and oxygen atoms in total. The van der Waals surface area contributed by atoms with Gasteiger partial charge in [-0.25, -0.2) is 8.42 Å². The van der Waals surface area contributed by atoms with Gasteiger partial charge in [-0.2, -0.15) is 0 Å². The molecule has 0 radical (unpaired) electrons. The molecule has 144 valence electrons. The number of likely N-dealkylation sites (tertiary alicyclic amines) is 1. The Balaban J connectivity index is 1.68. The molecule has 0 bridgehead atoms. The van der Waals surface area contributed by atoms with E-state index in [1.807, 2.05) is 12.1 Å². The zero-order valence-corrected chi connectivity index (χ0v) is 16.6. The number of fused-ring (bicyclic) bond motifs is 3. The predicted molar refractivity (Wildman–Crippen MR) is 106 cm³/mol. The van der Waals surface area contributed by atoms with Crippen molar-refractivity contribution in [3.8, 4) is 5.75 Å². The van der Waals surface area contributed by atoms with E-state index in [-0.39, 0.29) is 4.90 Å². The second-order valence-corrected chi connectivity index (χ2v) is 9.25. The Labute approximate surface area is 161 Å². The first kappa shape index (κ1) is 18.3. The third-order valence-corrected chi connectivity index (χ3v) is 7.62. The Bertz CT molecular complexity index is 942. The van der Waals surface area contributed by atoms with E-state index < -0.39 is 9.84 Å². The molecule has 4 rings (SSSR count). The average Bonchev–Trinajstić information content (AvgIpc) is 2.91. The first-order chi connectivity index (χ1) is 13.0. The van der Waals surface area contributed by atoms with Gasteiger partial charge in [0.25, 0.3) is 0 Å². The highest BCUT2D eigenvalue weighted by Gasteiger charge is 2.35. The topological polar surface area (TPSA) is 58.6 Å². The van der Waals surface area contributed by atoms with Crippen molar-refractivity contribution in [2.75, 3.05) is 32.1 Å². The molecule has 0 aliphatic carbocycles. The second-order valence-electron chi connectivity index (χ2n) is 7.30. The second kappa shape index (κ2) is 7.17. The number of hydrogen-bond donors (Lipinski definition) is 1. The average molecular weight is 387 g/mol. The summed E-state index contributed by atoms with van der Waals surface area (Å²) in [6.45, 7) is 5.41. The Morgan fingerprint density at radius 2 is 1.89 bits per heavy atom. The summed E-state index contributed by atoms with van der Waals surface area (Å²) in [5, 5.41) is 3.62. The van der Waals surface area contributed by atoms with E-state index in [1.54, 1.807) is 37.4 Å². The molecule has 2 aliphatic rings. The van der Waals surface area contributed by atoms with Crippen molar-refractivity contribution >= 4 is 15.5 Å². The zero-order valence-electron chi connectivity index (χ0n) is 15.8. The molecule has 0 unspecified atom stereocenters. The summed E-state index contributed by atoms with van der Waals surface area (Å²) in [6, 6.07) is 12.6. The molecular formula is C21H26N2O3S. The van der Waals surface area contributed by atoms with Crippen molar-refractivity contribution in [1.82, 2.24) is 4.90 Å². The fraction of sp³-hybridized carbons (Fsp3) is 0.429. The normalized spacial score (nSPS) is 22.4. The zero-order chi connectivity index (χ0) is 19.0. The third-order valence-electron chi connectivity index (χ3n) is 5.87. The van der Waals surface area contributed by atoms with Gasteiger partial charge < -0.3 is 15.0 Å². The van der Waals surface area contributed by atoms with Gasteiger partial charge in [-0.15, -0.1) is 0 Å². The molecule has 2 heterocycles. The summed E-state index contributed by atoms with van der Waals surface area (Å²) in [6.07, 6.45) is 2.15. The van der Waals surface area contributed by atoms with E-state index in [9.17, 15) is 8.42 Å². The van der Waals surface area contributed by atoms with Gasteiger partial charge >= 0.3 is 0 Å². The van der Waals surface area contributed by atoms with Gasteiger partial charge in [0.1, 0.15) is 5.75 Å². The molecule has 0 saturated carbocycles. The van der Waals surface area contributed by atoms with Crippen molar-refractivity contribution in [3.05, 3.63) is 48.0 Å². The monoisotopic (exact) mass is 386 g/mol. The van der Waals surface area contributed by atoms with E-state index in [0.29, 0.717) is 22.6 Å². The highest BCUT2D eigenvalue weighted by molar-refractivity contribution is 7.91. The summed E-state index contributed by atoms with van der Waals surface area (Å²) >= 11 is 0. The summed E-state index contributed by atoms with van der Waals surface area (Å²) < 4.78 is 31.5. The van der Waals surface area contributed by atoms with Gasteiger partial charge in [-0.1, -0.05) is 13.0 Å². The van der Waals surface area contributed by atoms with E-state index in [2.05, 4.69) is 17.1 Å². The Morgan fingerprint density at radius 3 is 2.67 bits per heavy atom. The van der Waals surface area contributed by atoms with Crippen molar-refractivity contribution in [2.45, 2.75) is 41.5 Å². The van der Waals surface area contributed by atoms with Crippen LogP contribution in [0.5, 0.6) is 5.75 Å².